The van der Waals surface area contributed by atoms with E-state index in [0.29, 0.717) is 22.8 Å². The van der Waals surface area contributed by atoms with Crippen molar-refractivity contribution in [3.63, 3.8) is 0 Å². The number of rotatable bonds is 11. The van der Waals surface area contributed by atoms with Crippen LogP contribution < -0.4 is 28.6 Å². The fourth-order valence-electron chi connectivity index (χ4n) is 3.50. The van der Waals surface area contributed by atoms with E-state index < -0.39 is 22.5 Å². The molecule has 0 radical (unpaired) electrons. The summed E-state index contributed by atoms with van der Waals surface area (Å²) >= 11 is 6.16. The van der Waals surface area contributed by atoms with Crippen LogP contribution in [0, 0.1) is 0 Å². The Kier molecular flexibility index (Phi) is 8.89. The molecule has 0 saturated heterocycles. The molecule has 0 spiro atoms. The maximum Gasteiger partial charge on any atom is 0.264 e. The largest absolute Gasteiger partial charge is 0.495 e. The second-order valence-electron chi connectivity index (χ2n) is 7.45. The minimum atomic E-state index is -4.13. The van der Waals surface area contributed by atoms with E-state index in [9.17, 15) is 13.2 Å². The summed E-state index contributed by atoms with van der Waals surface area (Å²) in [5, 5.41) is 3.03. The van der Waals surface area contributed by atoms with Crippen LogP contribution in [0.15, 0.2) is 65.6 Å². The van der Waals surface area contributed by atoms with E-state index in [-0.39, 0.29) is 27.9 Å². The third-order valence-electron chi connectivity index (χ3n) is 5.24. The number of methoxy groups -OCH3 is 4. The highest BCUT2D eigenvalue weighted by atomic mass is 35.5. The number of halogens is 1. The lowest BCUT2D eigenvalue weighted by Crippen LogP contribution is -2.40. The molecule has 1 amide bonds. The summed E-state index contributed by atoms with van der Waals surface area (Å²) < 4.78 is 49.5. The summed E-state index contributed by atoms with van der Waals surface area (Å²) in [6.45, 7) is -0.431. The molecule has 0 saturated carbocycles. The number of ether oxygens (including phenoxy) is 4. The van der Waals surface area contributed by atoms with Crippen molar-refractivity contribution in [3.8, 4) is 23.0 Å². The van der Waals surface area contributed by atoms with Gasteiger partial charge < -0.3 is 24.3 Å². The van der Waals surface area contributed by atoms with Crippen LogP contribution >= 0.6 is 11.6 Å². The van der Waals surface area contributed by atoms with Gasteiger partial charge in [-0.05, 0) is 48.0 Å². The standard InChI is InChI=1S/C25H27ClN2O7S/c1-32-21-11-10-18(26)14-20(21)28(36(30,31)19-8-6-5-7-9-19)16-24(29)27-15-17-12-22(33-2)25(35-4)23(13-17)34-3/h5-14H,15-16H2,1-4H3,(H,27,29). The lowest BCUT2D eigenvalue weighted by Gasteiger charge is -2.26. The lowest BCUT2D eigenvalue weighted by atomic mass is 10.1. The van der Waals surface area contributed by atoms with Crippen molar-refractivity contribution in [3.05, 3.63) is 71.2 Å². The van der Waals surface area contributed by atoms with Gasteiger partial charge in [-0.2, -0.15) is 0 Å². The zero-order chi connectivity index (χ0) is 26.3. The predicted molar refractivity (Wildman–Crippen MR) is 137 cm³/mol. The van der Waals surface area contributed by atoms with Crippen LogP contribution in [0.25, 0.3) is 0 Å². The van der Waals surface area contributed by atoms with Crippen LogP contribution in [-0.4, -0.2) is 49.3 Å². The second-order valence-corrected chi connectivity index (χ2v) is 9.75. The average molecular weight is 535 g/mol. The molecule has 0 aliphatic rings. The third-order valence-corrected chi connectivity index (χ3v) is 7.25. The Balaban J connectivity index is 1.91. The molecule has 11 heteroatoms. The fourth-order valence-corrected chi connectivity index (χ4v) is 5.11. The number of carbonyl (C=O) groups is 1. The number of nitrogens with one attached hydrogen (secondary N) is 1. The van der Waals surface area contributed by atoms with E-state index in [2.05, 4.69) is 5.32 Å². The average Bonchev–Trinajstić information content (AvgIpc) is 2.90. The summed E-state index contributed by atoms with van der Waals surface area (Å²) in [4.78, 5) is 13.0. The van der Waals surface area contributed by atoms with E-state index in [1.165, 1.54) is 46.6 Å². The van der Waals surface area contributed by atoms with Gasteiger partial charge in [-0.1, -0.05) is 29.8 Å². The van der Waals surface area contributed by atoms with Gasteiger partial charge in [0.15, 0.2) is 11.5 Å². The van der Waals surface area contributed by atoms with Crippen LogP contribution in [0.2, 0.25) is 5.02 Å². The molecule has 0 aliphatic heterocycles. The number of amides is 1. The van der Waals surface area contributed by atoms with Crippen molar-refractivity contribution in [2.75, 3.05) is 39.3 Å². The quantitative estimate of drug-likeness (QED) is 0.398. The van der Waals surface area contributed by atoms with Gasteiger partial charge in [0.25, 0.3) is 10.0 Å². The molecule has 1 N–H and O–H groups in total. The molecule has 0 aliphatic carbocycles. The summed E-state index contributed by atoms with van der Waals surface area (Å²) in [7, 11) is 1.75. The molecule has 0 fully saturated rings. The van der Waals surface area contributed by atoms with Crippen LogP contribution in [0.4, 0.5) is 5.69 Å². The molecule has 3 aromatic carbocycles. The SMILES string of the molecule is COc1ccc(Cl)cc1N(CC(=O)NCc1cc(OC)c(OC)c(OC)c1)S(=O)(=O)c1ccccc1. The monoisotopic (exact) mass is 534 g/mol. The van der Waals surface area contributed by atoms with Gasteiger partial charge in [-0.15, -0.1) is 0 Å². The first kappa shape index (κ1) is 27.0. The van der Waals surface area contributed by atoms with E-state index in [1.807, 2.05) is 0 Å². The molecule has 9 nitrogen and oxygen atoms in total. The first-order valence-corrected chi connectivity index (χ1v) is 12.5. The first-order valence-electron chi connectivity index (χ1n) is 10.7. The number of hydrogen-bond donors (Lipinski definition) is 1. The van der Waals surface area contributed by atoms with E-state index >= 15 is 0 Å². The molecule has 3 aromatic rings. The number of hydrogen-bond acceptors (Lipinski definition) is 7. The van der Waals surface area contributed by atoms with Gasteiger partial charge in [-0.3, -0.25) is 9.10 Å². The zero-order valence-corrected chi connectivity index (χ0v) is 21.9. The van der Waals surface area contributed by atoms with E-state index in [4.69, 9.17) is 30.5 Å². The zero-order valence-electron chi connectivity index (χ0n) is 20.3. The Labute approximate surface area is 215 Å². The molecule has 192 valence electrons. The minimum absolute atomic E-state index is 0.0180. The Bertz CT molecular complexity index is 1290. The topological polar surface area (TPSA) is 103 Å². The molecule has 36 heavy (non-hydrogen) atoms. The van der Waals surface area contributed by atoms with Crippen LogP contribution in [-0.2, 0) is 21.4 Å². The smallest absolute Gasteiger partial charge is 0.264 e. The van der Waals surface area contributed by atoms with Crippen molar-refractivity contribution < 1.29 is 32.2 Å². The molecule has 0 atom stereocenters. The lowest BCUT2D eigenvalue weighted by molar-refractivity contribution is -0.119. The van der Waals surface area contributed by atoms with Gasteiger partial charge in [0.1, 0.15) is 12.3 Å². The molecular formula is C25H27ClN2O7S. The van der Waals surface area contributed by atoms with Crippen molar-refractivity contribution in [1.29, 1.82) is 0 Å². The Hall–Kier alpha value is -3.63. The van der Waals surface area contributed by atoms with Crippen molar-refractivity contribution in [2.24, 2.45) is 0 Å². The number of nitrogens with zero attached hydrogens (tertiary/aromatic N) is 1. The molecule has 3 rings (SSSR count). The highest BCUT2D eigenvalue weighted by Crippen LogP contribution is 2.38. The molecule has 0 unspecified atom stereocenters. The van der Waals surface area contributed by atoms with Crippen LogP contribution in [0.5, 0.6) is 23.0 Å². The molecular weight excluding hydrogens is 508 g/mol. The maximum atomic E-state index is 13.6. The number of sulfonamides is 1. The predicted octanol–water partition coefficient (Wildman–Crippen LogP) is 3.89. The van der Waals surface area contributed by atoms with Crippen molar-refractivity contribution in [1.82, 2.24) is 5.32 Å². The minimum Gasteiger partial charge on any atom is -0.495 e. The Morgan fingerprint density at radius 2 is 1.47 bits per heavy atom. The van der Waals surface area contributed by atoms with Gasteiger partial charge in [0.2, 0.25) is 11.7 Å². The molecule has 0 heterocycles. The number of anilines is 1. The third kappa shape index (κ3) is 5.95. The van der Waals surface area contributed by atoms with E-state index in [0.717, 1.165) is 4.31 Å². The van der Waals surface area contributed by atoms with Gasteiger partial charge in [0.05, 0.1) is 39.0 Å². The van der Waals surface area contributed by atoms with Gasteiger partial charge >= 0.3 is 0 Å². The summed E-state index contributed by atoms with van der Waals surface area (Å²) in [5.41, 5.74) is 0.799. The summed E-state index contributed by atoms with van der Waals surface area (Å²) in [6, 6.07) is 15.7. The van der Waals surface area contributed by atoms with Gasteiger partial charge in [0, 0.05) is 11.6 Å². The van der Waals surface area contributed by atoms with E-state index in [1.54, 1.807) is 42.5 Å². The number of carbonyl (C=O) groups excluding carboxylic acids is 1. The van der Waals surface area contributed by atoms with Crippen molar-refractivity contribution >= 4 is 33.2 Å². The second kappa shape index (κ2) is 11.9. The van der Waals surface area contributed by atoms with Crippen molar-refractivity contribution in [2.45, 2.75) is 11.4 Å². The Morgan fingerprint density at radius 3 is 2.03 bits per heavy atom. The summed E-state index contributed by atoms with van der Waals surface area (Å²) in [5.74, 6) is 0.973. The Morgan fingerprint density at radius 1 is 0.861 bits per heavy atom. The van der Waals surface area contributed by atoms with Crippen LogP contribution in [0.3, 0.4) is 0 Å². The normalized spacial score (nSPS) is 10.9. The maximum absolute atomic E-state index is 13.6. The highest BCUT2D eigenvalue weighted by molar-refractivity contribution is 7.92. The number of benzene rings is 3. The van der Waals surface area contributed by atoms with Gasteiger partial charge in [-0.25, -0.2) is 8.42 Å². The summed E-state index contributed by atoms with van der Waals surface area (Å²) in [6.07, 6.45) is 0. The fraction of sp³-hybridized carbons (Fsp3) is 0.240. The molecule has 0 aromatic heterocycles. The highest BCUT2D eigenvalue weighted by Gasteiger charge is 2.29. The molecule has 0 bridgehead atoms. The first-order chi connectivity index (χ1) is 17.2. The van der Waals surface area contributed by atoms with Crippen LogP contribution in [0.1, 0.15) is 5.56 Å².